The van der Waals surface area contributed by atoms with E-state index in [9.17, 15) is 4.79 Å². The lowest BCUT2D eigenvalue weighted by Gasteiger charge is -2.16. The number of rotatable bonds is 10. The quantitative estimate of drug-likeness (QED) is 0.385. The molecule has 0 radical (unpaired) electrons. The van der Waals surface area contributed by atoms with Gasteiger partial charge in [0.25, 0.3) is 5.91 Å². The number of nitrogens with one attached hydrogen (secondary N) is 1. The van der Waals surface area contributed by atoms with Crippen LogP contribution in [0.25, 0.3) is 11.0 Å². The fraction of sp³-hybridized carbons (Fsp3) is 0.417. The summed E-state index contributed by atoms with van der Waals surface area (Å²) >= 11 is 5.93. The second kappa shape index (κ2) is 10.4. The molecule has 1 unspecified atom stereocenters. The molecule has 2 aromatic carbocycles. The molecular formula is C24H30ClN3O. The maximum absolute atomic E-state index is 12.6. The number of unbranched alkanes of at least 4 members (excludes halogenated alkanes) is 5. The molecule has 1 aromatic heterocycles. The highest BCUT2D eigenvalue weighted by molar-refractivity contribution is 6.30. The number of aromatic nitrogens is 2. The molecule has 0 aliphatic rings. The van der Waals surface area contributed by atoms with Crippen molar-refractivity contribution in [2.75, 3.05) is 0 Å². The highest BCUT2D eigenvalue weighted by Gasteiger charge is 2.19. The summed E-state index contributed by atoms with van der Waals surface area (Å²) in [4.78, 5) is 17.5. The standard InChI is InChI=1S/C24H30ClN3O/c1-3-4-5-6-7-10-17-28-22-12-9-8-11-21(22)27-23(28)18(2)26-24(29)19-13-15-20(25)16-14-19/h8-9,11-16,18H,3-7,10,17H2,1-2H3,(H,26,29). The van der Waals surface area contributed by atoms with Crippen LogP contribution in [0.3, 0.4) is 0 Å². The Hall–Kier alpha value is -2.33. The molecule has 1 atom stereocenters. The average Bonchev–Trinajstić information content (AvgIpc) is 3.10. The van der Waals surface area contributed by atoms with Gasteiger partial charge in [0, 0.05) is 17.1 Å². The number of para-hydroxylation sites is 2. The van der Waals surface area contributed by atoms with Gasteiger partial charge in [0.15, 0.2) is 0 Å². The van der Waals surface area contributed by atoms with Gasteiger partial charge in [0.1, 0.15) is 5.82 Å². The first-order valence-electron chi connectivity index (χ1n) is 10.6. The molecule has 29 heavy (non-hydrogen) atoms. The number of aryl methyl sites for hydroxylation is 1. The average molecular weight is 412 g/mol. The molecule has 0 bridgehead atoms. The third-order valence-corrected chi connectivity index (χ3v) is 5.51. The van der Waals surface area contributed by atoms with E-state index in [4.69, 9.17) is 16.6 Å². The van der Waals surface area contributed by atoms with Gasteiger partial charge in [-0.1, -0.05) is 62.8 Å². The number of carbonyl (C=O) groups is 1. The molecule has 0 aliphatic carbocycles. The van der Waals surface area contributed by atoms with Crippen LogP contribution in [0.4, 0.5) is 0 Å². The largest absolute Gasteiger partial charge is 0.342 e. The van der Waals surface area contributed by atoms with Gasteiger partial charge in [0.2, 0.25) is 0 Å². The minimum absolute atomic E-state index is 0.118. The predicted octanol–water partition coefficient (Wildman–Crippen LogP) is 6.54. The molecule has 1 heterocycles. The highest BCUT2D eigenvalue weighted by Crippen LogP contribution is 2.22. The van der Waals surface area contributed by atoms with Crippen LogP contribution in [0.5, 0.6) is 0 Å². The van der Waals surface area contributed by atoms with Crippen molar-refractivity contribution in [3.8, 4) is 0 Å². The Morgan fingerprint density at radius 1 is 1.03 bits per heavy atom. The summed E-state index contributed by atoms with van der Waals surface area (Å²) in [5.74, 6) is 0.786. The van der Waals surface area contributed by atoms with Crippen LogP contribution < -0.4 is 5.32 Å². The van der Waals surface area contributed by atoms with Gasteiger partial charge in [0.05, 0.1) is 17.1 Å². The van der Waals surface area contributed by atoms with Crippen LogP contribution >= 0.6 is 11.6 Å². The molecule has 0 saturated carbocycles. The van der Waals surface area contributed by atoms with Gasteiger partial charge < -0.3 is 9.88 Å². The number of fused-ring (bicyclic) bond motifs is 1. The van der Waals surface area contributed by atoms with Crippen LogP contribution in [0.15, 0.2) is 48.5 Å². The predicted molar refractivity (Wildman–Crippen MR) is 120 cm³/mol. The summed E-state index contributed by atoms with van der Waals surface area (Å²) in [5.41, 5.74) is 2.70. The van der Waals surface area contributed by atoms with Crippen LogP contribution in [0.1, 0.15) is 74.6 Å². The molecule has 3 aromatic rings. The van der Waals surface area contributed by atoms with E-state index in [0.29, 0.717) is 10.6 Å². The zero-order chi connectivity index (χ0) is 20.6. The fourth-order valence-corrected chi connectivity index (χ4v) is 3.78. The molecule has 154 valence electrons. The summed E-state index contributed by atoms with van der Waals surface area (Å²) < 4.78 is 2.27. The molecule has 4 nitrogen and oxygen atoms in total. The first-order valence-corrected chi connectivity index (χ1v) is 11.0. The van der Waals surface area contributed by atoms with E-state index in [0.717, 1.165) is 29.8 Å². The summed E-state index contributed by atoms with van der Waals surface area (Å²) in [7, 11) is 0. The van der Waals surface area contributed by atoms with Gasteiger partial charge in [-0.25, -0.2) is 4.98 Å². The van der Waals surface area contributed by atoms with Crippen molar-refractivity contribution in [2.45, 2.75) is 65.0 Å². The second-order valence-corrected chi connectivity index (χ2v) is 8.02. The molecule has 0 fully saturated rings. The number of benzene rings is 2. The van der Waals surface area contributed by atoms with Gasteiger partial charge in [-0.05, 0) is 49.7 Å². The van der Waals surface area contributed by atoms with Crippen molar-refractivity contribution in [3.05, 3.63) is 64.9 Å². The Morgan fingerprint density at radius 2 is 1.72 bits per heavy atom. The lowest BCUT2D eigenvalue weighted by atomic mass is 10.1. The lowest BCUT2D eigenvalue weighted by Crippen LogP contribution is -2.28. The van der Waals surface area contributed by atoms with Crippen molar-refractivity contribution in [1.29, 1.82) is 0 Å². The molecule has 0 saturated heterocycles. The number of nitrogens with zero attached hydrogens (tertiary/aromatic N) is 2. The lowest BCUT2D eigenvalue weighted by molar-refractivity contribution is 0.0937. The van der Waals surface area contributed by atoms with Gasteiger partial charge in [-0.2, -0.15) is 0 Å². The first-order chi connectivity index (χ1) is 14.1. The summed E-state index contributed by atoms with van der Waals surface area (Å²) in [6.07, 6.45) is 7.50. The number of hydrogen-bond acceptors (Lipinski definition) is 2. The molecule has 1 amide bonds. The van der Waals surface area contributed by atoms with E-state index >= 15 is 0 Å². The van der Waals surface area contributed by atoms with Gasteiger partial charge >= 0.3 is 0 Å². The molecule has 5 heteroatoms. The van der Waals surface area contributed by atoms with E-state index in [-0.39, 0.29) is 11.9 Å². The van der Waals surface area contributed by atoms with Crippen molar-refractivity contribution in [2.24, 2.45) is 0 Å². The van der Waals surface area contributed by atoms with Crippen molar-refractivity contribution in [3.63, 3.8) is 0 Å². The van der Waals surface area contributed by atoms with Crippen LogP contribution in [0.2, 0.25) is 5.02 Å². The molecular weight excluding hydrogens is 382 g/mol. The topological polar surface area (TPSA) is 46.9 Å². The maximum Gasteiger partial charge on any atom is 0.251 e. The summed E-state index contributed by atoms with van der Waals surface area (Å²) in [6.45, 7) is 5.15. The normalized spacial score (nSPS) is 12.2. The van der Waals surface area contributed by atoms with Gasteiger partial charge in [-0.3, -0.25) is 4.79 Å². The summed E-state index contributed by atoms with van der Waals surface area (Å²) in [6, 6.07) is 14.9. The third-order valence-electron chi connectivity index (χ3n) is 5.26. The summed E-state index contributed by atoms with van der Waals surface area (Å²) in [5, 5.41) is 3.71. The zero-order valence-electron chi connectivity index (χ0n) is 17.3. The Balaban J connectivity index is 1.73. The van der Waals surface area contributed by atoms with Crippen LogP contribution in [-0.2, 0) is 6.54 Å². The minimum atomic E-state index is -0.189. The van der Waals surface area contributed by atoms with Crippen LogP contribution in [-0.4, -0.2) is 15.5 Å². The minimum Gasteiger partial charge on any atom is -0.342 e. The van der Waals surface area contributed by atoms with E-state index in [1.54, 1.807) is 24.3 Å². The van der Waals surface area contributed by atoms with Crippen molar-refractivity contribution >= 4 is 28.5 Å². The second-order valence-electron chi connectivity index (χ2n) is 7.58. The van der Waals surface area contributed by atoms with E-state index in [2.05, 4.69) is 22.9 Å². The number of imidazole rings is 1. The Kier molecular flexibility index (Phi) is 7.70. The van der Waals surface area contributed by atoms with E-state index < -0.39 is 0 Å². The number of hydrogen-bond donors (Lipinski definition) is 1. The maximum atomic E-state index is 12.6. The molecule has 0 aliphatic heterocycles. The molecule has 0 spiro atoms. The molecule has 3 rings (SSSR count). The Bertz CT molecular complexity index is 933. The van der Waals surface area contributed by atoms with Gasteiger partial charge in [-0.15, -0.1) is 0 Å². The Morgan fingerprint density at radius 3 is 2.48 bits per heavy atom. The smallest absolute Gasteiger partial charge is 0.251 e. The number of carbonyl (C=O) groups excluding carboxylic acids is 1. The van der Waals surface area contributed by atoms with E-state index in [1.165, 1.54) is 32.1 Å². The van der Waals surface area contributed by atoms with E-state index in [1.807, 2.05) is 25.1 Å². The Labute approximate surface area is 178 Å². The SMILES string of the molecule is CCCCCCCCn1c(C(C)NC(=O)c2ccc(Cl)cc2)nc2ccccc21. The fourth-order valence-electron chi connectivity index (χ4n) is 3.66. The molecule has 1 N–H and O–H groups in total. The van der Waals surface area contributed by atoms with Crippen molar-refractivity contribution < 1.29 is 4.79 Å². The highest BCUT2D eigenvalue weighted by atomic mass is 35.5. The third kappa shape index (κ3) is 5.60. The van der Waals surface area contributed by atoms with Crippen LogP contribution in [0, 0.1) is 0 Å². The number of halogens is 1. The zero-order valence-corrected chi connectivity index (χ0v) is 18.1. The van der Waals surface area contributed by atoms with Crippen molar-refractivity contribution in [1.82, 2.24) is 14.9 Å². The number of amides is 1. The first kappa shape index (κ1) is 21.4. The monoisotopic (exact) mass is 411 g/mol.